The Balaban J connectivity index is 3.46. The highest BCUT2D eigenvalue weighted by Crippen LogP contribution is 2.30. The monoisotopic (exact) mass is 303 g/mol. The Bertz CT molecular complexity index is 666. The summed E-state index contributed by atoms with van der Waals surface area (Å²) in [6.45, 7) is 1.07. The number of halogens is 1. The summed E-state index contributed by atoms with van der Waals surface area (Å²) in [6, 6.07) is 3.75. The second kappa shape index (κ2) is 5.52. The Morgan fingerprint density at radius 2 is 2.11 bits per heavy atom. The third-order valence-corrected chi connectivity index (χ3v) is 4.66. The molecule has 0 aliphatic heterocycles. The van der Waals surface area contributed by atoms with Crippen LogP contribution in [0.15, 0.2) is 17.0 Å². The van der Waals surface area contributed by atoms with E-state index in [9.17, 15) is 18.5 Å². The fraction of sp³-hybridized carbons (Fsp3) is 0.300. The predicted molar refractivity (Wildman–Crippen MR) is 68.3 cm³/mol. The first kappa shape index (κ1) is 15.4. The molecule has 0 fully saturated rings. The molecule has 0 aliphatic carbocycles. The molecule has 0 atom stereocenters. The number of nitro groups is 1. The van der Waals surface area contributed by atoms with Gasteiger partial charge in [-0.25, -0.2) is 8.42 Å². The molecule has 0 aliphatic rings. The first-order valence-electron chi connectivity index (χ1n) is 4.99. The summed E-state index contributed by atoms with van der Waals surface area (Å²) < 4.78 is 24.9. The lowest BCUT2D eigenvalue weighted by atomic mass is 10.2. The smallest absolute Gasteiger partial charge is 0.258 e. The SMILES string of the molecule is Cc1c(Cl)cc(S(=O)(=O)N(C)CC#N)cc1[N+](=O)[O-]. The predicted octanol–water partition coefficient (Wildman–Crippen LogP) is 1.70. The van der Waals surface area contributed by atoms with Crippen molar-refractivity contribution in [2.75, 3.05) is 13.6 Å². The quantitative estimate of drug-likeness (QED) is 0.478. The molecule has 0 N–H and O–H groups in total. The van der Waals surface area contributed by atoms with Gasteiger partial charge in [-0.05, 0) is 13.0 Å². The van der Waals surface area contributed by atoms with Gasteiger partial charge >= 0.3 is 0 Å². The lowest BCUT2D eigenvalue weighted by molar-refractivity contribution is -0.385. The van der Waals surface area contributed by atoms with Crippen LogP contribution in [-0.4, -0.2) is 31.2 Å². The minimum atomic E-state index is -3.97. The van der Waals surface area contributed by atoms with Crippen LogP contribution in [0.25, 0.3) is 0 Å². The Morgan fingerprint density at radius 3 is 2.58 bits per heavy atom. The Morgan fingerprint density at radius 1 is 1.53 bits per heavy atom. The molecule has 9 heteroatoms. The van der Waals surface area contributed by atoms with Gasteiger partial charge in [-0.15, -0.1) is 0 Å². The van der Waals surface area contributed by atoms with Crippen molar-refractivity contribution in [1.82, 2.24) is 4.31 Å². The summed E-state index contributed by atoms with van der Waals surface area (Å²) in [4.78, 5) is 9.82. The van der Waals surface area contributed by atoms with Gasteiger partial charge in [0.15, 0.2) is 0 Å². The van der Waals surface area contributed by atoms with Crippen LogP contribution in [0.1, 0.15) is 5.56 Å². The fourth-order valence-electron chi connectivity index (χ4n) is 1.34. The van der Waals surface area contributed by atoms with Crippen LogP contribution in [0, 0.1) is 28.4 Å². The maximum Gasteiger partial charge on any atom is 0.275 e. The van der Waals surface area contributed by atoms with Crippen molar-refractivity contribution in [3.8, 4) is 6.07 Å². The van der Waals surface area contributed by atoms with Crippen molar-refractivity contribution < 1.29 is 13.3 Å². The first-order valence-corrected chi connectivity index (χ1v) is 6.81. The molecule has 0 heterocycles. The fourth-order valence-corrected chi connectivity index (χ4v) is 2.74. The number of nitrogens with zero attached hydrogens (tertiary/aromatic N) is 3. The molecule has 7 nitrogen and oxygen atoms in total. The lowest BCUT2D eigenvalue weighted by Crippen LogP contribution is -2.27. The number of benzene rings is 1. The summed E-state index contributed by atoms with van der Waals surface area (Å²) >= 11 is 5.80. The van der Waals surface area contributed by atoms with E-state index in [4.69, 9.17) is 16.9 Å². The Kier molecular flexibility index (Phi) is 4.47. The first-order chi connectivity index (χ1) is 8.71. The van der Waals surface area contributed by atoms with Crippen molar-refractivity contribution >= 4 is 27.3 Å². The van der Waals surface area contributed by atoms with Crippen LogP contribution < -0.4 is 0 Å². The van der Waals surface area contributed by atoms with E-state index in [0.29, 0.717) is 0 Å². The maximum absolute atomic E-state index is 12.1. The molecule has 102 valence electrons. The van der Waals surface area contributed by atoms with E-state index in [1.54, 1.807) is 6.07 Å². The Hall–Kier alpha value is -1.69. The largest absolute Gasteiger partial charge is 0.275 e. The van der Waals surface area contributed by atoms with Gasteiger partial charge in [0.1, 0.15) is 6.54 Å². The van der Waals surface area contributed by atoms with E-state index in [1.165, 1.54) is 14.0 Å². The number of nitro benzene ring substituents is 1. The molecular weight excluding hydrogens is 294 g/mol. The summed E-state index contributed by atoms with van der Waals surface area (Å²) in [6.07, 6.45) is 0. The van der Waals surface area contributed by atoms with Gasteiger partial charge in [0.2, 0.25) is 10.0 Å². The molecule has 0 saturated heterocycles. The van der Waals surface area contributed by atoms with Gasteiger partial charge in [0.05, 0.1) is 20.9 Å². The highest BCUT2D eigenvalue weighted by Gasteiger charge is 2.25. The number of nitriles is 1. The highest BCUT2D eigenvalue weighted by atomic mass is 35.5. The molecule has 0 radical (unpaired) electrons. The standard InChI is InChI=1S/C10H10ClN3O4S/c1-7-9(11)5-8(6-10(7)14(15)16)19(17,18)13(2)4-3-12/h5-6H,4H2,1-2H3. The number of rotatable bonds is 4. The minimum Gasteiger partial charge on any atom is -0.258 e. The molecule has 1 aromatic carbocycles. The summed E-state index contributed by atoms with van der Waals surface area (Å²) in [5, 5.41) is 19.3. The minimum absolute atomic E-state index is 0.0156. The van der Waals surface area contributed by atoms with Crippen molar-refractivity contribution in [3.05, 3.63) is 32.8 Å². The summed E-state index contributed by atoms with van der Waals surface area (Å²) in [7, 11) is -2.77. The molecule has 1 aromatic rings. The zero-order chi connectivity index (χ0) is 14.8. The molecule has 0 amide bonds. The van der Waals surface area contributed by atoms with Crippen LogP contribution in [0.5, 0.6) is 0 Å². The zero-order valence-corrected chi connectivity index (χ0v) is 11.7. The van der Waals surface area contributed by atoms with Crippen molar-refractivity contribution in [1.29, 1.82) is 5.26 Å². The second-order valence-corrected chi connectivity index (χ2v) is 6.18. The van der Waals surface area contributed by atoms with Crippen molar-refractivity contribution in [2.45, 2.75) is 11.8 Å². The lowest BCUT2D eigenvalue weighted by Gasteiger charge is -2.14. The van der Waals surface area contributed by atoms with Gasteiger partial charge in [-0.1, -0.05) is 11.6 Å². The molecule has 0 unspecified atom stereocenters. The van der Waals surface area contributed by atoms with Crippen LogP contribution in [0.4, 0.5) is 5.69 Å². The highest BCUT2D eigenvalue weighted by molar-refractivity contribution is 7.89. The van der Waals surface area contributed by atoms with Gasteiger partial charge in [0, 0.05) is 18.7 Å². The zero-order valence-electron chi connectivity index (χ0n) is 10.1. The number of hydrogen-bond donors (Lipinski definition) is 0. The Labute approximate surface area is 115 Å². The average molecular weight is 304 g/mol. The molecule has 0 saturated carbocycles. The van der Waals surface area contributed by atoms with Crippen LogP contribution in [0.3, 0.4) is 0 Å². The van der Waals surface area contributed by atoms with Crippen molar-refractivity contribution in [3.63, 3.8) is 0 Å². The summed E-state index contributed by atoms with van der Waals surface area (Å²) in [5.74, 6) is 0. The molecule has 19 heavy (non-hydrogen) atoms. The van der Waals surface area contributed by atoms with Crippen LogP contribution in [-0.2, 0) is 10.0 Å². The van der Waals surface area contributed by atoms with E-state index < -0.39 is 14.9 Å². The normalized spacial score (nSPS) is 11.3. The molecule has 0 aromatic heterocycles. The van der Waals surface area contributed by atoms with Crippen LogP contribution in [0.2, 0.25) is 5.02 Å². The molecular formula is C10H10ClN3O4S. The molecule has 0 spiro atoms. The van der Waals surface area contributed by atoms with Gasteiger partial charge in [-0.3, -0.25) is 10.1 Å². The number of sulfonamides is 1. The molecule has 0 bridgehead atoms. The average Bonchev–Trinajstić information content (AvgIpc) is 2.32. The maximum atomic E-state index is 12.1. The third-order valence-electron chi connectivity index (χ3n) is 2.49. The van der Waals surface area contributed by atoms with E-state index in [1.807, 2.05) is 0 Å². The van der Waals surface area contributed by atoms with Gasteiger partial charge < -0.3 is 0 Å². The van der Waals surface area contributed by atoms with E-state index in [0.717, 1.165) is 16.4 Å². The van der Waals surface area contributed by atoms with Crippen LogP contribution >= 0.6 is 11.6 Å². The van der Waals surface area contributed by atoms with Gasteiger partial charge in [0.25, 0.3) is 5.69 Å². The second-order valence-electron chi connectivity index (χ2n) is 3.73. The third kappa shape index (κ3) is 3.01. The van der Waals surface area contributed by atoms with E-state index >= 15 is 0 Å². The topological polar surface area (TPSA) is 104 Å². The van der Waals surface area contributed by atoms with E-state index in [-0.39, 0.29) is 27.7 Å². The van der Waals surface area contributed by atoms with Crippen molar-refractivity contribution in [2.24, 2.45) is 0 Å². The molecule has 1 rings (SSSR count). The summed E-state index contributed by atoms with van der Waals surface area (Å²) in [5.41, 5.74) is -0.190. The van der Waals surface area contributed by atoms with Gasteiger partial charge in [-0.2, -0.15) is 9.57 Å². The number of hydrogen-bond acceptors (Lipinski definition) is 5. The van der Waals surface area contributed by atoms with E-state index in [2.05, 4.69) is 0 Å².